The molecule has 0 bridgehead atoms. The number of nitrogens with zero attached hydrogens (tertiary/aromatic N) is 1. The van der Waals surface area contributed by atoms with Crippen LogP contribution < -0.4 is 4.52 Å². The average Bonchev–Trinajstić information content (AvgIpc) is 3.19. The third kappa shape index (κ3) is 29.8. The maximum Gasteiger partial charge on any atom is 0.461 e. The highest BCUT2D eigenvalue weighted by molar-refractivity contribution is 7.51. The molecule has 11 heteroatoms. The highest BCUT2D eigenvalue weighted by atomic mass is 35.5. The van der Waals surface area contributed by atoms with Crippen molar-refractivity contribution >= 4 is 42.9 Å². The van der Waals surface area contributed by atoms with Gasteiger partial charge in [0.15, 0.2) is 6.10 Å². The number of esters is 2. The number of unbranched alkanes of at least 4 members (excludes halogenated alkanes) is 24. The van der Waals surface area contributed by atoms with E-state index in [-0.39, 0.29) is 50.5 Å². The van der Waals surface area contributed by atoms with Gasteiger partial charge in [0, 0.05) is 37.7 Å². The zero-order valence-electron chi connectivity index (χ0n) is 35.5. The summed E-state index contributed by atoms with van der Waals surface area (Å²) in [6.45, 7) is 4.43. The Balaban J connectivity index is 2.60. The molecule has 0 radical (unpaired) electrons. The van der Waals surface area contributed by atoms with Crippen molar-refractivity contribution in [3.63, 3.8) is 0 Å². The summed E-state index contributed by atoms with van der Waals surface area (Å²) in [5.41, 5.74) is 0. The van der Waals surface area contributed by atoms with Crippen molar-refractivity contribution < 1.29 is 32.7 Å². The van der Waals surface area contributed by atoms with Crippen LogP contribution in [0.25, 0.3) is 0 Å². The normalized spacial score (nSPS) is 13.1. The van der Waals surface area contributed by atoms with E-state index < -0.39 is 19.8 Å². The molecule has 0 unspecified atom stereocenters. The Morgan fingerprint density at radius 2 is 0.964 bits per heavy atom. The molecule has 0 N–H and O–H groups in total. The molecule has 0 amide bonds. The van der Waals surface area contributed by atoms with Crippen molar-refractivity contribution in [1.29, 1.82) is 0 Å². The minimum Gasteiger partial charge on any atom is -0.462 e. The molecule has 326 valence electrons. The van der Waals surface area contributed by atoms with Crippen molar-refractivity contribution in [3.8, 4) is 5.75 Å². The van der Waals surface area contributed by atoms with Crippen molar-refractivity contribution in [2.24, 2.45) is 0 Å². The lowest BCUT2D eigenvalue weighted by Crippen LogP contribution is -2.33. The van der Waals surface area contributed by atoms with Gasteiger partial charge in [0.05, 0.1) is 6.61 Å². The fourth-order valence-electron chi connectivity index (χ4n) is 6.70. The van der Waals surface area contributed by atoms with Crippen molar-refractivity contribution in [2.45, 2.75) is 200 Å². The lowest BCUT2D eigenvalue weighted by Gasteiger charge is -2.30. The van der Waals surface area contributed by atoms with Gasteiger partial charge in [0.25, 0.3) is 0 Å². The highest BCUT2D eigenvalue weighted by Gasteiger charge is 2.36. The molecule has 1 aromatic carbocycles. The number of ether oxygens (including phenoxy) is 2. The van der Waals surface area contributed by atoms with Gasteiger partial charge >= 0.3 is 19.7 Å². The molecule has 0 aliphatic heterocycles. The molecule has 0 aliphatic carbocycles. The van der Waals surface area contributed by atoms with E-state index >= 15 is 0 Å². The second kappa shape index (κ2) is 37.9. The van der Waals surface area contributed by atoms with Crippen LogP contribution in [0.4, 0.5) is 0 Å². The smallest absolute Gasteiger partial charge is 0.461 e. The minimum absolute atomic E-state index is 0.177. The minimum atomic E-state index is -3.99. The maximum atomic E-state index is 14.3. The SMILES string of the molecule is CCCCCCCCCCCCCCCC(=O)OC[C@H](CO[P@](=O)(Oc1ccccc1)N(CCCl)CCCl)OC(=O)CCCCCCCCCCCCCCC. The molecule has 0 heterocycles. The first-order chi connectivity index (χ1) is 27.4. The van der Waals surface area contributed by atoms with Crippen LogP contribution in [0.3, 0.4) is 0 Å². The van der Waals surface area contributed by atoms with E-state index in [0.717, 1.165) is 38.5 Å². The van der Waals surface area contributed by atoms with Crippen LogP contribution in [0, 0.1) is 0 Å². The van der Waals surface area contributed by atoms with E-state index in [1.54, 1.807) is 24.3 Å². The molecule has 1 aromatic rings. The third-order valence-electron chi connectivity index (χ3n) is 10.1. The number of carbonyl (C=O) groups is 2. The number of carbonyl (C=O) groups excluding carboxylic acids is 2. The summed E-state index contributed by atoms with van der Waals surface area (Å²) in [5, 5.41) is 0. The summed E-state index contributed by atoms with van der Waals surface area (Å²) >= 11 is 12.1. The van der Waals surface area contributed by atoms with E-state index in [0.29, 0.717) is 12.2 Å². The monoisotopic (exact) mass is 848 g/mol. The summed E-state index contributed by atoms with van der Waals surface area (Å²) in [5.74, 6) is -0.0372. The van der Waals surface area contributed by atoms with Crippen molar-refractivity contribution in [1.82, 2.24) is 4.67 Å². The molecular formula is C45H80Cl2NO7P. The summed E-state index contributed by atoms with van der Waals surface area (Å²) < 4.78 is 39.0. The van der Waals surface area contributed by atoms with Gasteiger partial charge in [-0.1, -0.05) is 186 Å². The molecule has 1 rings (SSSR count). The van der Waals surface area contributed by atoms with E-state index in [4.69, 9.17) is 41.7 Å². The molecule has 0 aliphatic rings. The Labute approximate surface area is 352 Å². The fourth-order valence-corrected chi connectivity index (χ4v) is 9.11. The van der Waals surface area contributed by atoms with Crippen LogP contribution in [0.5, 0.6) is 5.75 Å². The number of halogens is 2. The lowest BCUT2D eigenvalue weighted by molar-refractivity contribution is -0.161. The van der Waals surface area contributed by atoms with Crippen LogP contribution in [0.2, 0.25) is 0 Å². The standard InChI is InChI=1S/C45H80Cl2NO7P/c1-3-5-7-9-11-13-15-17-19-21-23-25-30-34-44(49)52-40-43(54-45(50)35-31-26-24-22-20-18-16-14-12-10-8-6-4-2)41-53-56(51,48(38-36-46)39-37-47)55-42-32-28-27-29-33-42/h27-29,32-33,43H,3-26,30-31,34-41H2,1-2H3/t43-,56+/m1/s1. The molecule has 56 heavy (non-hydrogen) atoms. The van der Waals surface area contributed by atoms with Crippen LogP contribution in [-0.2, 0) is 28.2 Å². The van der Waals surface area contributed by atoms with Crippen LogP contribution in [-0.4, -0.2) is 60.8 Å². The van der Waals surface area contributed by atoms with Gasteiger partial charge in [-0.15, -0.1) is 23.2 Å². The van der Waals surface area contributed by atoms with Gasteiger partial charge in [-0.2, -0.15) is 4.67 Å². The topological polar surface area (TPSA) is 91.4 Å². The molecule has 2 atom stereocenters. The zero-order chi connectivity index (χ0) is 40.8. The summed E-state index contributed by atoms with van der Waals surface area (Å²) in [4.78, 5) is 25.7. The number of alkyl halides is 2. The summed E-state index contributed by atoms with van der Waals surface area (Å²) in [6.07, 6.45) is 31.4. The highest BCUT2D eigenvalue weighted by Crippen LogP contribution is 2.52. The molecule has 0 saturated heterocycles. The fraction of sp³-hybridized carbons (Fsp3) is 0.822. The molecule has 0 fully saturated rings. The van der Waals surface area contributed by atoms with Crippen LogP contribution in [0.1, 0.15) is 194 Å². The maximum absolute atomic E-state index is 14.3. The lowest BCUT2D eigenvalue weighted by atomic mass is 10.0. The van der Waals surface area contributed by atoms with Gasteiger partial charge in [-0.3, -0.25) is 14.1 Å². The first kappa shape index (κ1) is 52.7. The number of hydrogen-bond donors (Lipinski definition) is 0. The van der Waals surface area contributed by atoms with Gasteiger partial charge in [-0.25, -0.2) is 4.57 Å². The van der Waals surface area contributed by atoms with E-state index in [1.165, 1.54) is 133 Å². The second-order valence-electron chi connectivity index (χ2n) is 15.3. The number of benzene rings is 1. The average molecular weight is 849 g/mol. The Kier molecular flexibility index (Phi) is 35.7. The second-order valence-corrected chi connectivity index (χ2v) is 18.0. The van der Waals surface area contributed by atoms with Crippen LogP contribution in [0.15, 0.2) is 30.3 Å². The number of para-hydroxylation sites is 1. The Morgan fingerprint density at radius 1 is 0.571 bits per heavy atom. The van der Waals surface area contributed by atoms with Gasteiger partial charge < -0.3 is 14.0 Å². The van der Waals surface area contributed by atoms with E-state index in [2.05, 4.69) is 13.8 Å². The largest absolute Gasteiger partial charge is 0.462 e. The Hall–Kier alpha value is -1.31. The molecule has 0 aromatic heterocycles. The van der Waals surface area contributed by atoms with Crippen LogP contribution >= 0.6 is 30.9 Å². The van der Waals surface area contributed by atoms with E-state index in [9.17, 15) is 14.2 Å². The Morgan fingerprint density at radius 3 is 1.38 bits per heavy atom. The molecule has 0 saturated carbocycles. The predicted molar refractivity (Wildman–Crippen MR) is 235 cm³/mol. The quantitative estimate of drug-likeness (QED) is 0.0278. The predicted octanol–water partition coefficient (Wildman–Crippen LogP) is 14.4. The first-order valence-corrected chi connectivity index (χ1v) is 25.2. The molecule has 0 spiro atoms. The van der Waals surface area contributed by atoms with Gasteiger partial charge in [-0.05, 0) is 25.0 Å². The number of hydrogen-bond acceptors (Lipinski definition) is 7. The van der Waals surface area contributed by atoms with Gasteiger partial charge in [0.1, 0.15) is 12.4 Å². The van der Waals surface area contributed by atoms with Gasteiger partial charge in [0.2, 0.25) is 0 Å². The van der Waals surface area contributed by atoms with Crippen molar-refractivity contribution in [2.75, 3.05) is 38.1 Å². The van der Waals surface area contributed by atoms with E-state index in [1.807, 2.05) is 6.07 Å². The summed E-state index contributed by atoms with van der Waals surface area (Å²) in [6, 6.07) is 8.73. The summed E-state index contributed by atoms with van der Waals surface area (Å²) in [7, 11) is -3.99. The zero-order valence-corrected chi connectivity index (χ0v) is 37.9. The van der Waals surface area contributed by atoms with Crippen molar-refractivity contribution in [3.05, 3.63) is 30.3 Å². The molecule has 8 nitrogen and oxygen atoms in total. The molecular weight excluding hydrogens is 768 g/mol. The Bertz CT molecular complexity index is 1090. The third-order valence-corrected chi connectivity index (χ3v) is 12.5. The number of rotatable bonds is 41. The first-order valence-electron chi connectivity index (χ1n) is 22.6.